The van der Waals surface area contributed by atoms with E-state index in [0.717, 1.165) is 22.7 Å². The summed E-state index contributed by atoms with van der Waals surface area (Å²) in [6.07, 6.45) is 0.874. The maximum absolute atomic E-state index is 12.6. The minimum atomic E-state index is -0.372. The molecule has 0 spiro atoms. The van der Waals surface area contributed by atoms with Crippen molar-refractivity contribution in [3.63, 3.8) is 0 Å². The summed E-state index contributed by atoms with van der Waals surface area (Å²) in [5.74, 6) is 2.23. The average Bonchev–Trinajstić information content (AvgIpc) is 3.39. The molecule has 156 valence electrons. The van der Waals surface area contributed by atoms with Crippen molar-refractivity contribution in [3.8, 4) is 23.0 Å². The number of fused-ring (bicyclic) bond motifs is 2. The Morgan fingerprint density at radius 2 is 1.70 bits per heavy atom. The molecule has 0 bridgehead atoms. The van der Waals surface area contributed by atoms with Crippen LogP contribution in [0.4, 0.5) is 5.69 Å². The quantitative estimate of drug-likeness (QED) is 0.810. The Hall–Kier alpha value is -3.42. The van der Waals surface area contributed by atoms with E-state index in [1.807, 2.05) is 24.3 Å². The number of hydrogen-bond donors (Lipinski definition) is 1. The van der Waals surface area contributed by atoms with Gasteiger partial charge in [-0.3, -0.25) is 9.59 Å². The van der Waals surface area contributed by atoms with Gasteiger partial charge in [-0.05, 0) is 36.2 Å². The number of anilines is 1. The second-order valence-electron chi connectivity index (χ2n) is 7.46. The van der Waals surface area contributed by atoms with Crippen molar-refractivity contribution in [2.75, 3.05) is 38.0 Å². The number of rotatable bonds is 5. The maximum Gasteiger partial charge on any atom is 0.231 e. The first-order valence-corrected chi connectivity index (χ1v) is 10.0. The van der Waals surface area contributed by atoms with Crippen LogP contribution >= 0.6 is 0 Å². The van der Waals surface area contributed by atoms with E-state index >= 15 is 0 Å². The molecule has 0 aliphatic carbocycles. The van der Waals surface area contributed by atoms with Gasteiger partial charge in [0.15, 0.2) is 23.0 Å². The Balaban J connectivity index is 1.16. The summed E-state index contributed by atoms with van der Waals surface area (Å²) in [6.45, 7) is 2.14. The molecule has 1 saturated heterocycles. The van der Waals surface area contributed by atoms with Crippen molar-refractivity contribution < 1.29 is 28.5 Å². The summed E-state index contributed by atoms with van der Waals surface area (Å²) < 4.78 is 21.8. The summed E-state index contributed by atoms with van der Waals surface area (Å²) in [6, 6.07) is 11.2. The number of nitrogens with one attached hydrogen (secondary N) is 1. The Morgan fingerprint density at radius 3 is 2.60 bits per heavy atom. The standard InChI is InChI=1S/C22H22N2O6/c25-21-10-15(12-24(21)16-2-4-18-20(11-16)30-13-29-18)22(26)23-6-5-14-1-3-17-19(9-14)28-8-7-27-17/h1-4,9,11,15H,5-8,10,12-13H2,(H,23,26)/t15-/m1/s1. The molecular formula is C22H22N2O6. The molecule has 1 fully saturated rings. The normalized spacial score (nSPS) is 19.1. The van der Waals surface area contributed by atoms with Gasteiger partial charge in [0, 0.05) is 31.3 Å². The lowest BCUT2D eigenvalue weighted by Crippen LogP contribution is -2.34. The van der Waals surface area contributed by atoms with Crippen LogP contribution < -0.4 is 29.2 Å². The number of benzene rings is 2. The molecular weight excluding hydrogens is 388 g/mol. The lowest BCUT2D eigenvalue weighted by molar-refractivity contribution is -0.126. The topological polar surface area (TPSA) is 86.3 Å². The molecule has 3 heterocycles. The minimum Gasteiger partial charge on any atom is -0.486 e. The number of ether oxygens (including phenoxy) is 4. The second kappa shape index (κ2) is 7.78. The van der Waals surface area contributed by atoms with Crippen LogP contribution in [0.1, 0.15) is 12.0 Å². The van der Waals surface area contributed by atoms with Gasteiger partial charge < -0.3 is 29.2 Å². The van der Waals surface area contributed by atoms with E-state index in [4.69, 9.17) is 18.9 Å². The highest BCUT2D eigenvalue weighted by Crippen LogP contribution is 2.37. The lowest BCUT2D eigenvalue weighted by atomic mass is 10.1. The fourth-order valence-corrected chi connectivity index (χ4v) is 3.90. The van der Waals surface area contributed by atoms with E-state index in [9.17, 15) is 9.59 Å². The zero-order valence-electron chi connectivity index (χ0n) is 16.4. The summed E-state index contributed by atoms with van der Waals surface area (Å²) in [4.78, 5) is 26.7. The van der Waals surface area contributed by atoms with E-state index in [-0.39, 0.29) is 30.9 Å². The molecule has 3 aliphatic rings. The van der Waals surface area contributed by atoms with Crippen LogP contribution in [0.25, 0.3) is 0 Å². The highest BCUT2D eigenvalue weighted by Gasteiger charge is 2.35. The van der Waals surface area contributed by atoms with Gasteiger partial charge >= 0.3 is 0 Å². The third-order valence-electron chi connectivity index (χ3n) is 5.48. The smallest absolute Gasteiger partial charge is 0.231 e. The largest absolute Gasteiger partial charge is 0.486 e. The number of hydrogen-bond acceptors (Lipinski definition) is 6. The van der Waals surface area contributed by atoms with Gasteiger partial charge in [0.05, 0.1) is 5.92 Å². The molecule has 8 heteroatoms. The molecule has 1 N–H and O–H groups in total. The molecule has 2 amide bonds. The fourth-order valence-electron chi connectivity index (χ4n) is 3.90. The number of amides is 2. The fraction of sp³-hybridized carbons (Fsp3) is 0.364. The predicted molar refractivity (Wildman–Crippen MR) is 107 cm³/mol. The number of carbonyl (C=O) groups is 2. The molecule has 0 saturated carbocycles. The molecule has 2 aromatic carbocycles. The summed E-state index contributed by atoms with van der Waals surface area (Å²) >= 11 is 0. The van der Waals surface area contributed by atoms with Gasteiger partial charge in [0.2, 0.25) is 18.6 Å². The number of nitrogens with zero attached hydrogens (tertiary/aromatic N) is 1. The van der Waals surface area contributed by atoms with Crippen molar-refractivity contribution in [1.82, 2.24) is 5.32 Å². The Bertz CT molecular complexity index is 992. The molecule has 3 aliphatic heterocycles. The van der Waals surface area contributed by atoms with E-state index < -0.39 is 0 Å². The highest BCUT2D eigenvalue weighted by molar-refractivity contribution is 6.00. The van der Waals surface area contributed by atoms with Gasteiger partial charge in [-0.15, -0.1) is 0 Å². The molecule has 5 rings (SSSR count). The SMILES string of the molecule is O=C(NCCc1ccc2c(c1)OCCO2)[C@@H]1CC(=O)N(c2ccc3c(c2)OCO3)C1. The van der Waals surface area contributed by atoms with Gasteiger partial charge in [-0.25, -0.2) is 0 Å². The first-order chi connectivity index (χ1) is 14.7. The first kappa shape index (κ1) is 18.6. The summed E-state index contributed by atoms with van der Waals surface area (Å²) in [7, 11) is 0. The van der Waals surface area contributed by atoms with Crippen LogP contribution in [0.3, 0.4) is 0 Å². The van der Waals surface area contributed by atoms with E-state index in [1.54, 1.807) is 17.0 Å². The zero-order valence-corrected chi connectivity index (χ0v) is 16.4. The predicted octanol–water partition coefficient (Wildman–Crippen LogP) is 1.90. The van der Waals surface area contributed by atoms with E-state index in [1.165, 1.54) is 0 Å². The molecule has 1 atom stereocenters. The van der Waals surface area contributed by atoms with Crippen LogP contribution in [-0.2, 0) is 16.0 Å². The van der Waals surface area contributed by atoms with Gasteiger partial charge in [-0.2, -0.15) is 0 Å². The van der Waals surface area contributed by atoms with Crippen LogP contribution in [-0.4, -0.2) is 44.9 Å². The molecule has 30 heavy (non-hydrogen) atoms. The highest BCUT2D eigenvalue weighted by atomic mass is 16.7. The van der Waals surface area contributed by atoms with Gasteiger partial charge in [0.25, 0.3) is 0 Å². The maximum atomic E-state index is 12.6. The van der Waals surface area contributed by atoms with Crippen molar-refractivity contribution in [2.45, 2.75) is 12.8 Å². The van der Waals surface area contributed by atoms with Crippen LogP contribution in [0, 0.1) is 5.92 Å². The van der Waals surface area contributed by atoms with Crippen molar-refractivity contribution in [2.24, 2.45) is 5.92 Å². The third kappa shape index (κ3) is 3.60. The Morgan fingerprint density at radius 1 is 0.967 bits per heavy atom. The lowest BCUT2D eigenvalue weighted by Gasteiger charge is -2.19. The summed E-state index contributed by atoms with van der Waals surface area (Å²) in [5, 5.41) is 2.95. The number of carbonyl (C=O) groups excluding carboxylic acids is 2. The molecule has 2 aromatic rings. The third-order valence-corrected chi connectivity index (χ3v) is 5.48. The minimum absolute atomic E-state index is 0.0687. The average molecular weight is 410 g/mol. The van der Waals surface area contributed by atoms with Crippen molar-refractivity contribution >= 4 is 17.5 Å². The van der Waals surface area contributed by atoms with Gasteiger partial charge in [-0.1, -0.05) is 6.07 Å². The molecule has 0 aromatic heterocycles. The van der Waals surface area contributed by atoms with Crippen molar-refractivity contribution in [1.29, 1.82) is 0 Å². The van der Waals surface area contributed by atoms with Crippen molar-refractivity contribution in [3.05, 3.63) is 42.0 Å². The van der Waals surface area contributed by atoms with Gasteiger partial charge in [0.1, 0.15) is 13.2 Å². The zero-order chi connectivity index (χ0) is 20.5. The molecule has 0 radical (unpaired) electrons. The molecule has 0 unspecified atom stereocenters. The monoisotopic (exact) mass is 410 g/mol. The van der Waals surface area contributed by atoms with Crippen LogP contribution in [0.5, 0.6) is 23.0 Å². The Kier molecular flexibility index (Phi) is 4.82. The summed E-state index contributed by atoms with van der Waals surface area (Å²) in [5.41, 5.74) is 1.78. The van der Waals surface area contributed by atoms with Crippen LogP contribution in [0.2, 0.25) is 0 Å². The van der Waals surface area contributed by atoms with E-state index in [2.05, 4.69) is 5.32 Å². The molecule has 8 nitrogen and oxygen atoms in total. The first-order valence-electron chi connectivity index (χ1n) is 10.0. The Labute approximate surface area is 173 Å². The van der Waals surface area contributed by atoms with E-state index in [0.29, 0.717) is 44.2 Å². The second-order valence-corrected chi connectivity index (χ2v) is 7.46. The van der Waals surface area contributed by atoms with Crippen LogP contribution in [0.15, 0.2) is 36.4 Å².